The van der Waals surface area contributed by atoms with Crippen molar-refractivity contribution < 1.29 is 27.5 Å². The first kappa shape index (κ1) is 31.8. The molecule has 1 unspecified atom stereocenters. The Hall–Kier alpha value is -3.76. The summed E-state index contributed by atoms with van der Waals surface area (Å²) in [6, 6.07) is 18.4. The third-order valence-electron chi connectivity index (χ3n) is 6.51. The minimum Gasteiger partial charge on any atom is -0.497 e. The van der Waals surface area contributed by atoms with Crippen molar-refractivity contribution >= 4 is 39.1 Å². The summed E-state index contributed by atoms with van der Waals surface area (Å²) < 4.78 is 39.3. The number of sulfonamides is 1. The van der Waals surface area contributed by atoms with Crippen LogP contribution < -0.4 is 19.1 Å². The Morgan fingerprint density at radius 1 is 0.951 bits per heavy atom. The number of anilines is 1. The van der Waals surface area contributed by atoms with Crippen molar-refractivity contribution in [2.75, 3.05) is 31.6 Å². The maximum atomic E-state index is 14.0. The summed E-state index contributed by atoms with van der Waals surface area (Å²) in [5.41, 5.74) is 0.932. The molecule has 0 saturated carbocycles. The molecule has 0 bridgehead atoms. The van der Waals surface area contributed by atoms with Crippen LogP contribution in [-0.2, 0) is 26.2 Å². The van der Waals surface area contributed by atoms with Crippen LogP contribution in [0.1, 0.15) is 32.3 Å². The average molecular weight is 602 g/mol. The van der Waals surface area contributed by atoms with Crippen molar-refractivity contribution in [1.82, 2.24) is 10.2 Å². The highest BCUT2D eigenvalue weighted by Crippen LogP contribution is 2.28. The van der Waals surface area contributed by atoms with Gasteiger partial charge in [0.1, 0.15) is 24.1 Å². The number of ether oxygens (including phenoxy) is 2. The molecule has 0 radical (unpaired) electrons. The van der Waals surface area contributed by atoms with Gasteiger partial charge in [0.2, 0.25) is 11.8 Å². The van der Waals surface area contributed by atoms with Crippen LogP contribution in [0.15, 0.2) is 77.7 Å². The van der Waals surface area contributed by atoms with Crippen LogP contribution in [0, 0.1) is 0 Å². The number of halogens is 1. The van der Waals surface area contributed by atoms with E-state index in [1.54, 1.807) is 50.4 Å². The van der Waals surface area contributed by atoms with Crippen LogP contribution in [0.3, 0.4) is 0 Å². The van der Waals surface area contributed by atoms with Gasteiger partial charge in [-0.25, -0.2) is 8.42 Å². The average Bonchev–Trinajstić information content (AvgIpc) is 2.98. The lowest BCUT2D eigenvalue weighted by molar-refractivity contribution is -0.139. The minimum atomic E-state index is -4.22. The Morgan fingerprint density at radius 2 is 1.63 bits per heavy atom. The number of nitrogens with zero attached hydrogens (tertiary/aromatic N) is 2. The smallest absolute Gasteiger partial charge is 0.264 e. The van der Waals surface area contributed by atoms with Gasteiger partial charge in [-0.05, 0) is 73.5 Å². The van der Waals surface area contributed by atoms with Crippen LogP contribution in [-0.4, -0.2) is 58.5 Å². The van der Waals surface area contributed by atoms with Crippen LogP contribution in [0.4, 0.5) is 5.69 Å². The predicted molar refractivity (Wildman–Crippen MR) is 160 cm³/mol. The van der Waals surface area contributed by atoms with Gasteiger partial charge in [-0.3, -0.25) is 13.9 Å². The van der Waals surface area contributed by atoms with E-state index in [0.717, 1.165) is 22.7 Å². The molecule has 9 nitrogen and oxygen atoms in total. The van der Waals surface area contributed by atoms with Crippen molar-refractivity contribution in [3.05, 3.63) is 83.4 Å². The molecule has 0 spiro atoms. The normalized spacial score (nSPS) is 11.8. The summed E-state index contributed by atoms with van der Waals surface area (Å²) in [6.07, 6.45) is 1.70. The van der Waals surface area contributed by atoms with E-state index < -0.39 is 28.5 Å². The first-order chi connectivity index (χ1) is 19.6. The lowest BCUT2D eigenvalue weighted by atomic mass is 10.1. The molecule has 2 amide bonds. The summed E-state index contributed by atoms with van der Waals surface area (Å²) >= 11 is 6.21. The van der Waals surface area contributed by atoms with E-state index in [-0.39, 0.29) is 23.0 Å². The fraction of sp³-hybridized carbons (Fsp3) is 0.333. The number of carbonyl (C=O) groups is 2. The highest BCUT2D eigenvalue weighted by Gasteiger charge is 2.32. The second-order valence-corrected chi connectivity index (χ2v) is 11.7. The number of methoxy groups -OCH3 is 2. The zero-order valence-electron chi connectivity index (χ0n) is 23.7. The summed E-state index contributed by atoms with van der Waals surface area (Å²) in [4.78, 5) is 28.4. The van der Waals surface area contributed by atoms with Crippen LogP contribution >= 0.6 is 11.6 Å². The highest BCUT2D eigenvalue weighted by atomic mass is 35.5. The molecule has 0 aliphatic carbocycles. The molecule has 3 aromatic rings. The summed E-state index contributed by atoms with van der Waals surface area (Å²) in [7, 11) is -1.20. The maximum absolute atomic E-state index is 14.0. The van der Waals surface area contributed by atoms with Gasteiger partial charge in [0.05, 0.1) is 24.8 Å². The molecule has 0 fully saturated rings. The number of hydrogen-bond donors (Lipinski definition) is 1. The van der Waals surface area contributed by atoms with Crippen molar-refractivity contribution in [3.8, 4) is 11.5 Å². The second-order valence-electron chi connectivity index (χ2n) is 9.36. The number of unbranched alkanes of at least 4 members (excludes halogenated alkanes) is 1. The zero-order valence-corrected chi connectivity index (χ0v) is 25.2. The van der Waals surface area contributed by atoms with Crippen molar-refractivity contribution in [1.29, 1.82) is 0 Å². The van der Waals surface area contributed by atoms with Gasteiger partial charge in [-0.1, -0.05) is 43.1 Å². The third kappa shape index (κ3) is 8.37. The monoisotopic (exact) mass is 601 g/mol. The highest BCUT2D eigenvalue weighted by molar-refractivity contribution is 7.92. The van der Waals surface area contributed by atoms with Gasteiger partial charge in [-0.15, -0.1) is 0 Å². The molecular weight excluding hydrogens is 566 g/mol. The molecule has 0 heterocycles. The number of benzene rings is 3. The van der Waals surface area contributed by atoms with E-state index in [2.05, 4.69) is 5.32 Å². The van der Waals surface area contributed by atoms with E-state index >= 15 is 0 Å². The van der Waals surface area contributed by atoms with E-state index in [0.29, 0.717) is 23.1 Å². The molecule has 11 heteroatoms. The largest absolute Gasteiger partial charge is 0.497 e. The molecule has 0 aliphatic rings. The van der Waals surface area contributed by atoms with Gasteiger partial charge in [0.25, 0.3) is 10.0 Å². The van der Waals surface area contributed by atoms with E-state index in [4.69, 9.17) is 21.1 Å². The van der Waals surface area contributed by atoms with Gasteiger partial charge in [-0.2, -0.15) is 0 Å². The molecule has 3 aromatic carbocycles. The fourth-order valence-corrected chi connectivity index (χ4v) is 5.71. The third-order valence-corrected chi connectivity index (χ3v) is 8.53. The van der Waals surface area contributed by atoms with E-state index in [9.17, 15) is 18.0 Å². The lowest BCUT2D eigenvalue weighted by Gasteiger charge is -2.32. The SMILES string of the molecule is CCCCNC(=O)C(C)N(Cc1cccc(OC)c1)C(=O)CN(c1cccc(Cl)c1)S(=O)(=O)c1ccc(OC)cc1. The van der Waals surface area contributed by atoms with E-state index in [1.165, 1.54) is 42.3 Å². The Morgan fingerprint density at radius 3 is 2.27 bits per heavy atom. The fourth-order valence-electron chi connectivity index (χ4n) is 4.12. The number of hydrogen-bond acceptors (Lipinski definition) is 6. The quantitative estimate of drug-likeness (QED) is 0.264. The molecule has 3 rings (SSSR count). The number of amides is 2. The lowest BCUT2D eigenvalue weighted by Crippen LogP contribution is -2.51. The maximum Gasteiger partial charge on any atom is 0.264 e. The molecule has 41 heavy (non-hydrogen) atoms. The van der Waals surface area contributed by atoms with Crippen molar-refractivity contribution in [2.24, 2.45) is 0 Å². The van der Waals surface area contributed by atoms with Crippen LogP contribution in [0.5, 0.6) is 11.5 Å². The molecule has 0 aromatic heterocycles. The first-order valence-corrected chi connectivity index (χ1v) is 15.0. The Bertz CT molecular complexity index is 1430. The number of carbonyl (C=O) groups excluding carboxylic acids is 2. The Labute approximate surface area is 247 Å². The van der Waals surface area contributed by atoms with Crippen molar-refractivity contribution in [2.45, 2.75) is 44.2 Å². The summed E-state index contributed by atoms with van der Waals surface area (Å²) in [5, 5.41) is 3.17. The topological polar surface area (TPSA) is 105 Å². The molecule has 0 aliphatic heterocycles. The van der Waals surface area contributed by atoms with E-state index in [1.807, 2.05) is 13.0 Å². The Balaban J connectivity index is 2.01. The summed E-state index contributed by atoms with van der Waals surface area (Å²) in [6.45, 7) is 3.61. The zero-order chi connectivity index (χ0) is 30.0. The van der Waals surface area contributed by atoms with Gasteiger partial charge in [0, 0.05) is 18.1 Å². The molecule has 0 saturated heterocycles. The second kappa shape index (κ2) is 14.7. The number of nitrogens with one attached hydrogen (secondary N) is 1. The molecular formula is C30H36ClN3O6S. The minimum absolute atomic E-state index is 0.0317. The first-order valence-electron chi connectivity index (χ1n) is 13.2. The number of rotatable bonds is 14. The standard InChI is InChI=1S/C30H36ClN3O6S/c1-5-6-17-32-30(36)22(2)33(20-23-9-7-12-27(18-23)40-4)29(35)21-34(25-11-8-10-24(31)19-25)41(37,38)28-15-13-26(39-3)14-16-28/h7-16,18-19,22H,5-6,17,20-21H2,1-4H3,(H,32,36). The van der Waals surface area contributed by atoms with Gasteiger partial charge >= 0.3 is 0 Å². The van der Waals surface area contributed by atoms with Gasteiger partial charge < -0.3 is 19.7 Å². The van der Waals surface area contributed by atoms with Crippen LogP contribution in [0.25, 0.3) is 0 Å². The Kier molecular flexibility index (Phi) is 11.4. The predicted octanol–water partition coefficient (Wildman–Crippen LogP) is 4.89. The molecule has 1 atom stereocenters. The van der Waals surface area contributed by atoms with Crippen molar-refractivity contribution in [3.63, 3.8) is 0 Å². The summed E-state index contributed by atoms with van der Waals surface area (Å²) in [5.74, 6) is 0.185. The molecule has 220 valence electrons. The van der Waals surface area contributed by atoms with Gasteiger partial charge in [0.15, 0.2) is 0 Å². The molecule has 1 N–H and O–H groups in total. The van der Waals surface area contributed by atoms with Crippen LogP contribution in [0.2, 0.25) is 5.02 Å².